The largest absolute Gasteiger partial charge is 0.465 e. The van der Waals surface area contributed by atoms with Gasteiger partial charge >= 0.3 is 12.3 Å². The lowest BCUT2D eigenvalue weighted by Crippen LogP contribution is -2.43. The number of likely N-dealkylation sites (tertiary alicyclic amines) is 1. The van der Waals surface area contributed by atoms with Gasteiger partial charge in [-0.05, 0) is 59.4 Å². The molecule has 0 unspecified atom stereocenters. The Balaban J connectivity index is 1.47. The average Bonchev–Trinajstić information content (AvgIpc) is 3.50. The van der Waals surface area contributed by atoms with Crippen molar-refractivity contribution in [1.82, 2.24) is 14.7 Å². The summed E-state index contributed by atoms with van der Waals surface area (Å²) in [5.41, 5.74) is 2.29. The van der Waals surface area contributed by atoms with Crippen LogP contribution in [0.25, 0.3) is 22.0 Å². The number of nitrogens with zero attached hydrogens (tertiary/aromatic N) is 3. The fourth-order valence-corrected chi connectivity index (χ4v) is 7.34. The summed E-state index contributed by atoms with van der Waals surface area (Å²) >= 11 is 6.46. The van der Waals surface area contributed by atoms with Crippen molar-refractivity contribution in [3.63, 3.8) is 0 Å². The lowest BCUT2D eigenvalue weighted by atomic mass is 9.77. The predicted molar refractivity (Wildman–Crippen MR) is 191 cm³/mol. The Kier molecular flexibility index (Phi) is 9.03. The topological polar surface area (TPSA) is 87.5 Å². The molecule has 7 nitrogen and oxygen atoms in total. The van der Waals surface area contributed by atoms with Crippen LogP contribution in [0.5, 0.6) is 0 Å². The molecule has 1 aliphatic rings. The predicted octanol–water partition coefficient (Wildman–Crippen LogP) is 9.54. The second-order valence-electron chi connectivity index (χ2n) is 12.6. The molecule has 2 N–H and O–H groups in total. The molecule has 1 fully saturated rings. The number of carbonyl (C=O) groups excluding carboxylic acids is 1. The number of alkyl halides is 3. The molecule has 11 heteroatoms. The standard InChI is InChI=1S/C40H32ClF3N4O3/c41-34-24-31(40(42,43)44)19-20-32(34)26-18-21-35-33(23-26)36(45-37(49)27-11-10-22-47(25-27)38(50)51)46-48(35)39(28-12-4-1-5-13-28,29-14-6-2-7-15-29)30-16-8-3-9-17-30/h1-9,12-21,23-24,27H,10-11,22,25H2,(H,50,51)(H,45,46,49)/t27-/m1/s1. The first-order valence-corrected chi connectivity index (χ1v) is 16.8. The number of hydrogen-bond donors (Lipinski definition) is 2. The minimum absolute atomic E-state index is 0.0498. The SMILES string of the molecule is O=C(Nc1nn(C(c2ccccc2)(c2ccccc2)c2ccccc2)c2ccc(-c3ccc(C(F)(F)F)cc3Cl)cc12)[C@@H]1CCCN(C(=O)O)C1. The molecule has 0 aliphatic carbocycles. The maximum Gasteiger partial charge on any atom is 0.416 e. The molecule has 1 saturated heterocycles. The van der Waals surface area contributed by atoms with Gasteiger partial charge in [-0.25, -0.2) is 9.48 Å². The van der Waals surface area contributed by atoms with Gasteiger partial charge in [-0.2, -0.15) is 18.3 Å². The fourth-order valence-electron chi connectivity index (χ4n) is 7.05. The van der Waals surface area contributed by atoms with Crippen LogP contribution in [-0.4, -0.2) is 44.9 Å². The van der Waals surface area contributed by atoms with E-state index in [1.807, 2.05) is 102 Å². The lowest BCUT2D eigenvalue weighted by molar-refractivity contribution is -0.137. The number of piperidine rings is 1. The summed E-state index contributed by atoms with van der Waals surface area (Å²) in [5.74, 6) is -0.764. The smallest absolute Gasteiger partial charge is 0.416 e. The highest BCUT2D eigenvalue weighted by molar-refractivity contribution is 6.33. The molecule has 1 aliphatic heterocycles. The van der Waals surface area contributed by atoms with Crippen molar-refractivity contribution in [3.05, 3.63) is 155 Å². The zero-order valence-electron chi connectivity index (χ0n) is 27.1. The van der Waals surface area contributed by atoms with Crippen LogP contribution >= 0.6 is 11.6 Å². The van der Waals surface area contributed by atoms with Gasteiger partial charge in [-0.15, -0.1) is 0 Å². The number of hydrogen-bond acceptors (Lipinski definition) is 3. The molecule has 0 spiro atoms. The number of anilines is 1. The van der Waals surface area contributed by atoms with E-state index in [0.717, 1.165) is 28.8 Å². The van der Waals surface area contributed by atoms with Crippen LogP contribution in [0.4, 0.5) is 23.8 Å². The lowest BCUT2D eigenvalue weighted by Gasteiger charge is -2.37. The number of nitrogens with one attached hydrogen (secondary N) is 1. The summed E-state index contributed by atoms with van der Waals surface area (Å²) in [6.45, 7) is 0.399. The van der Waals surface area contributed by atoms with Crippen LogP contribution < -0.4 is 5.32 Å². The van der Waals surface area contributed by atoms with Crippen LogP contribution in [0.15, 0.2) is 127 Å². The van der Waals surface area contributed by atoms with Gasteiger partial charge in [-0.3, -0.25) is 4.79 Å². The van der Waals surface area contributed by atoms with Crippen LogP contribution in [0.1, 0.15) is 35.1 Å². The zero-order valence-corrected chi connectivity index (χ0v) is 27.9. The molecule has 1 atom stereocenters. The Bertz CT molecular complexity index is 2110. The number of benzene rings is 5. The highest BCUT2D eigenvalue weighted by Crippen LogP contribution is 2.45. The highest BCUT2D eigenvalue weighted by Gasteiger charge is 2.41. The molecule has 1 aromatic heterocycles. The third kappa shape index (κ3) is 6.31. The first-order valence-electron chi connectivity index (χ1n) is 16.4. The molecule has 0 bridgehead atoms. The number of carboxylic acid groups (broad SMARTS) is 1. The number of amides is 2. The first-order chi connectivity index (χ1) is 24.6. The van der Waals surface area contributed by atoms with Gasteiger partial charge in [-0.1, -0.05) is 115 Å². The van der Waals surface area contributed by atoms with Gasteiger partial charge in [0, 0.05) is 29.1 Å². The second-order valence-corrected chi connectivity index (χ2v) is 13.0. The minimum Gasteiger partial charge on any atom is -0.465 e. The van der Waals surface area contributed by atoms with Crippen molar-refractivity contribution >= 4 is 40.3 Å². The van der Waals surface area contributed by atoms with E-state index in [1.165, 1.54) is 11.0 Å². The van der Waals surface area contributed by atoms with Crippen LogP contribution in [-0.2, 0) is 16.5 Å². The van der Waals surface area contributed by atoms with Gasteiger partial charge < -0.3 is 15.3 Å². The fraction of sp³-hybridized carbons (Fsp3) is 0.175. The van der Waals surface area contributed by atoms with Crippen LogP contribution in [0.2, 0.25) is 5.02 Å². The van der Waals surface area contributed by atoms with Crippen molar-refractivity contribution in [3.8, 4) is 11.1 Å². The molecule has 0 saturated carbocycles. The minimum atomic E-state index is -4.56. The van der Waals surface area contributed by atoms with E-state index in [0.29, 0.717) is 41.4 Å². The van der Waals surface area contributed by atoms with Crippen molar-refractivity contribution in [2.24, 2.45) is 5.92 Å². The Morgan fingerprint density at radius 2 is 1.37 bits per heavy atom. The molecule has 6 aromatic rings. The van der Waals surface area contributed by atoms with E-state index in [2.05, 4.69) is 5.32 Å². The maximum absolute atomic E-state index is 13.9. The maximum atomic E-state index is 13.9. The Morgan fingerprint density at radius 1 is 0.784 bits per heavy atom. The summed E-state index contributed by atoms with van der Waals surface area (Å²) in [6.07, 6.45) is -4.60. The molecule has 51 heavy (non-hydrogen) atoms. The first kappa shape index (κ1) is 33.9. The normalized spacial score (nSPS) is 15.1. The van der Waals surface area contributed by atoms with Crippen LogP contribution in [0.3, 0.4) is 0 Å². The van der Waals surface area contributed by atoms with E-state index < -0.39 is 29.3 Å². The Hall–Kier alpha value is -5.61. The Labute approximate surface area is 296 Å². The second kappa shape index (κ2) is 13.6. The van der Waals surface area contributed by atoms with Gasteiger partial charge in [0.25, 0.3) is 0 Å². The van der Waals surface area contributed by atoms with E-state index in [9.17, 15) is 27.9 Å². The van der Waals surface area contributed by atoms with Gasteiger partial charge in [0.1, 0.15) is 5.54 Å². The molecular formula is C40H32ClF3N4O3. The summed E-state index contributed by atoms with van der Waals surface area (Å²) in [7, 11) is 0. The third-order valence-electron chi connectivity index (χ3n) is 9.48. The summed E-state index contributed by atoms with van der Waals surface area (Å²) in [6, 6.07) is 38.2. The number of fused-ring (bicyclic) bond motifs is 1. The van der Waals surface area contributed by atoms with Crippen molar-refractivity contribution in [2.75, 3.05) is 18.4 Å². The number of carbonyl (C=O) groups is 2. The number of rotatable bonds is 7. The van der Waals surface area contributed by atoms with Gasteiger partial charge in [0.2, 0.25) is 5.91 Å². The summed E-state index contributed by atoms with van der Waals surface area (Å²) < 4.78 is 42.4. The molecular weight excluding hydrogens is 677 g/mol. The molecule has 5 aromatic carbocycles. The van der Waals surface area contributed by atoms with E-state index >= 15 is 0 Å². The summed E-state index contributed by atoms with van der Waals surface area (Å²) in [4.78, 5) is 26.9. The van der Waals surface area contributed by atoms with Gasteiger partial charge in [0.05, 0.1) is 17.0 Å². The average molecular weight is 709 g/mol. The van der Waals surface area contributed by atoms with Crippen molar-refractivity contribution in [2.45, 2.75) is 24.6 Å². The van der Waals surface area contributed by atoms with E-state index in [4.69, 9.17) is 16.7 Å². The monoisotopic (exact) mass is 708 g/mol. The van der Waals surface area contributed by atoms with Crippen LogP contribution in [0, 0.1) is 5.92 Å². The molecule has 2 heterocycles. The molecule has 2 amide bonds. The molecule has 258 valence electrons. The van der Waals surface area contributed by atoms with E-state index in [1.54, 1.807) is 12.1 Å². The summed E-state index contributed by atoms with van der Waals surface area (Å²) in [5, 5.41) is 18.2. The van der Waals surface area contributed by atoms with Crippen molar-refractivity contribution in [1.29, 1.82) is 0 Å². The van der Waals surface area contributed by atoms with Gasteiger partial charge in [0.15, 0.2) is 5.82 Å². The zero-order chi connectivity index (χ0) is 35.8. The number of halogens is 4. The highest BCUT2D eigenvalue weighted by atomic mass is 35.5. The van der Waals surface area contributed by atoms with E-state index in [-0.39, 0.29) is 23.3 Å². The third-order valence-corrected chi connectivity index (χ3v) is 9.80. The quantitative estimate of drug-likeness (QED) is 0.162. The molecule has 0 radical (unpaired) electrons. The Morgan fingerprint density at radius 3 is 1.90 bits per heavy atom. The molecule has 7 rings (SSSR count). The van der Waals surface area contributed by atoms with Crippen molar-refractivity contribution < 1.29 is 27.9 Å². The number of aromatic nitrogens is 2.